The van der Waals surface area contributed by atoms with Crippen LogP contribution in [0.15, 0.2) is 54.6 Å². The maximum Gasteiger partial charge on any atom is 0.416 e. The molecular formula is C25H22F6N4O3. The molecule has 0 radical (unpaired) electrons. The smallest absolute Gasteiger partial charge is 0.416 e. The van der Waals surface area contributed by atoms with Gasteiger partial charge < -0.3 is 14.2 Å². The second kappa shape index (κ2) is 10.9. The lowest BCUT2D eigenvalue weighted by atomic mass is 10.0. The maximum absolute atomic E-state index is 13.7. The van der Waals surface area contributed by atoms with Crippen molar-refractivity contribution < 1.29 is 40.6 Å². The largest absolute Gasteiger partial charge is 0.480 e. The van der Waals surface area contributed by atoms with Crippen molar-refractivity contribution in [3.63, 3.8) is 0 Å². The molecule has 13 heteroatoms. The van der Waals surface area contributed by atoms with Crippen LogP contribution in [-0.2, 0) is 24.1 Å². The maximum atomic E-state index is 13.7. The molecule has 0 bridgehead atoms. The van der Waals surface area contributed by atoms with Crippen LogP contribution >= 0.6 is 0 Å². The number of halogens is 6. The summed E-state index contributed by atoms with van der Waals surface area (Å²) < 4.78 is 97.5. The molecule has 0 spiro atoms. The summed E-state index contributed by atoms with van der Waals surface area (Å²) in [5, 5.41) is 4.56. The van der Waals surface area contributed by atoms with Crippen LogP contribution in [0.4, 0.5) is 26.3 Å². The molecule has 0 amide bonds. The Labute approximate surface area is 213 Å². The molecule has 0 N–H and O–H groups in total. The van der Waals surface area contributed by atoms with E-state index in [9.17, 15) is 26.3 Å². The highest BCUT2D eigenvalue weighted by molar-refractivity contribution is 5.84. The van der Waals surface area contributed by atoms with E-state index in [1.165, 1.54) is 14.2 Å². The molecule has 1 atom stereocenters. The third kappa shape index (κ3) is 6.15. The molecule has 202 valence electrons. The molecule has 1 unspecified atom stereocenters. The number of hydrogen-bond donors (Lipinski definition) is 0. The van der Waals surface area contributed by atoms with Crippen molar-refractivity contribution in [2.45, 2.75) is 38.0 Å². The van der Waals surface area contributed by atoms with Crippen molar-refractivity contribution in [2.24, 2.45) is 0 Å². The van der Waals surface area contributed by atoms with Gasteiger partial charge >= 0.3 is 18.4 Å². The third-order valence-corrected chi connectivity index (χ3v) is 5.64. The Kier molecular flexibility index (Phi) is 7.76. The van der Waals surface area contributed by atoms with E-state index in [0.29, 0.717) is 0 Å². The number of fused-ring (bicyclic) bond motifs is 1. The van der Waals surface area contributed by atoms with Gasteiger partial charge in [-0.3, -0.25) is 0 Å². The van der Waals surface area contributed by atoms with Crippen molar-refractivity contribution >= 4 is 11.0 Å². The van der Waals surface area contributed by atoms with E-state index in [1.807, 2.05) is 30.3 Å². The van der Waals surface area contributed by atoms with Gasteiger partial charge in [0.2, 0.25) is 5.88 Å². The van der Waals surface area contributed by atoms with Gasteiger partial charge in [0.25, 0.3) is 0 Å². The molecule has 0 fully saturated rings. The predicted octanol–water partition coefficient (Wildman–Crippen LogP) is 6.12. The first-order chi connectivity index (χ1) is 18.0. The summed E-state index contributed by atoms with van der Waals surface area (Å²) in [6.07, 6.45) is -10.8. The quantitative estimate of drug-likeness (QED) is 0.238. The van der Waals surface area contributed by atoms with E-state index in [1.54, 1.807) is 0 Å². The van der Waals surface area contributed by atoms with Crippen LogP contribution in [0.3, 0.4) is 0 Å². The summed E-state index contributed by atoms with van der Waals surface area (Å²) in [4.78, 5) is 8.32. The van der Waals surface area contributed by atoms with Gasteiger partial charge in [-0.25, -0.2) is 4.68 Å². The van der Waals surface area contributed by atoms with Crippen LogP contribution in [0, 0.1) is 0 Å². The second-order valence-electron chi connectivity index (χ2n) is 8.24. The van der Waals surface area contributed by atoms with Gasteiger partial charge in [0, 0.05) is 0 Å². The summed E-state index contributed by atoms with van der Waals surface area (Å²) in [5.41, 5.74) is -0.0393. The number of methoxy groups -OCH3 is 2. The Bertz CT molecular complexity index is 1370. The number of aromatic nitrogens is 4. The standard InChI is InChI=1S/C25H22F6N4O3/c1-36-22-20-18(14-38-13-15-6-4-3-5-7-15)34-35(21(20)32-23(33-22)37-2)19(12-24(26,27)28)16-8-10-17(11-9-16)25(29,30)31/h3-11,19H,12-14H2,1-2H3. The van der Waals surface area contributed by atoms with E-state index in [2.05, 4.69) is 15.1 Å². The lowest BCUT2D eigenvalue weighted by Gasteiger charge is -2.21. The minimum Gasteiger partial charge on any atom is -0.480 e. The summed E-state index contributed by atoms with van der Waals surface area (Å²) >= 11 is 0. The van der Waals surface area contributed by atoms with Crippen LogP contribution < -0.4 is 9.47 Å². The zero-order valence-electron chi connectivity index (χ0n) is 20.2. The van der Waals surface area contributed by atoms with Crippen LogP contribution in [0.2, 0.25) is 0 Å². The van der Waals surface area contributed by atoms with Gasteiger partial charge in [0.1, 0.15) is 11.1 Å². The summed E-state index contributed by atoms with van der Waals surface area (Å²) in [7, 11) is 2.59. The Morgan fingerprint density at radius 1 is 0.842 bits per heavy atom. The monoisotopic (exact) mass is 540 g/mol. The van der Waals surface area contributed by atoms with Gasteiger partial charge in [-0.05, 0) is 23.3 Å². The molecule has 0 aliphatic rings. The summed E-state index contributed by atoms with van der Waals surface area (Å²) in [6, 6.07) is 10.9. The Hall–Kier alpha value is -3.87. The minimum atomic E-state index is -4.68. The SMILES string of the molecule is COc1nc(OC)c2c(COCc3ccccc3)nn(C(CC(F)(F)F)c3ccc(C(F)(F)F)cc3)c2n1. The van der Waals surface area contributed by atoms with Crippen molar-refractivity contribution in [2.75, 3.05) is 14.2 Å². The van der Waals surface area contributed by atoms with Gasteiger partial charge in [-0.15, -0.1) is 0 Å². The van der Waals surface area contributed by atoms with Gasteiger partial charge in [-0.1, -0.05) is 42.5 Å². The highest BCUT2D eigenvalue weighted by Gasteiger charge is 2.37. The first-order valence-corrected chi connectivity index (χ1v) is 11.2. The highest BCUT2D eigenvalue weighted by Crippen LogP contribution is 2.38. The van der Waals surface area contributed by atoms with Crippen molar-refractivity contribution in [1.82, 2.24) is 19.7 Å². The third-order valence-electron chi connectivity index (χ3n) is 5.64. The number of ether oxygens (including phenoxy) is 3. The number of nitrogens with zero attached hydrogens (tertiary/aromatic N) is 4. The fraction of sp³-hybridized carbons (Fsp3) is 0.320. The molecule has 7 nitrogen and oxygen atoms in total. The fourth-order valence-corrected chi connectivity index (χ4v) is 3.91. The first-order valence-electron chi connectivity index (χ1n) is 11.2. The van der Waals surface area contributed by atoms with Crippen LogP contribution in [0.5, 0.6) is 11.9 Å². The molecule has 0 aliphatic carbocycles. The lowest BCUT2D eigenvalue weighted by molar-refractivity contribution is -0.141. The molecule has 2 heterocycles. The molecule has 0 saturated heterocycles. The van der Waals surface area contributed by atoms with Crippen molar-refractivity contribution in [3.05, 3.63) is 77.0 Å². The Morgan fingerprint density at radius 3 is 2.11 bits per heavy atom. The topological polar surface area (TPSA) is 71.3 Å². The molecular weight excluding hydrogens is 518 g/mol. The Balaban J connectivity index is 1.82. The molecule has 2 aromatic carbocycles. The van der Waals surface area contributed by atoms with E-state index >= 15 is 0 Å². The second-order valence-corrected chi connectivity index (χ2v) is 8.24. The van der Waals surface area contributed by atoms with E-state index in [-0.39, 0.29) is 47.4 Å². The number of rotatable bonds is 9. The molecule has 4 aromatic rings. The molecule has 38 heavy (non-hydrogen) atoms. The van der Waals surface area contributed by atoms with E-state index in [0.717, 1.165) is 34.5 Å². The van der Waals surface area contributed by atoms with Crippen LogP contribution in [-0.4, -0.2) is 40.1 Å². The van der Waals surface area contributed by atoms with Gasteiger partial charge in [0.05, 0.1) is 45.5 Å². The van der Waals surface area contributed by atoms with E-state index < -0.39 is 30.4 Å². The molecule has 4 rings (SSSR count). The average Bonchev–Trinajstić information content (AvgIpc) is 3.24. The van der Waals surface area contributed by atoms with Crippen molar-refractivity contribution in [3.8, 4) is 11.9 Å². The minimum absolute atomic E-state index is 0.00501. The zero-order chi connectivity index (χ0) is 27.5. The zero-order valence-corrected chi connectivity index (χ0v) is 20.2. The lowest BCUT2D eigenvalue weighted by Crippen LogP contribution is -2.21. The number of hydrogen-bond acceptors (Lipinski definition) is 6. The van der Waals surface area contributed by atoms with Gasteiger partial charge in [0.15, 0.2) is 5.65 Å². The number of benzene rings is 2. The summed E-state index contributed by atoms with van der Waals surface area (Å²) in [6.45, 7) is 0.0651. The highest BCUT2D eigenvalue weighted by atomic mass is 19.4. The normalized spacial score (nSPS) is 13.1. The Morgan fingerprint density at radius 2 is 1.53 bits per heavy atom. The summed E-state index contributed by atoms with van der Waals surface area (Å²) in [5.74, 6) is -0.00501. The number of alkyl halides is 6. The molecule has 0 aliphatic heterocycles. The molecule has 2 aromatic heterocycles. The first kappa shape index (κ1) is 27.2. The van der Waals surface area contributed by atoms with Crippen LogP contribution in [0.25, 0.3) is 11.0 Å². The fourth-order valence-electron chi connectivity index (χ4n) is 3.91. The predicted molar refractivity (Wildman–Crippen MR) is 124 cm³/mol. The van der Waals surface area contributed by atoms with Gasteiger partial charge in [-0.2, -0.15) is 41.4 Å². The van der Waals surface area contributed by atoms with E-state index in [4.69, 9.17) is 14.2 Å². The molecule has 0 saturated carbocycles. The average molecular weight is 540 g/mol. The van der Waals surface area contributed by atoms with Crippen LogP contribution in [0.1, 0.15) is 34.8 Å². The van der Waals surface area contributed by atoms with Crippen molar-refractivity contribution in [1.29, 1.82) is 0 Å².